The van der Waals surface area contributed by atoms with E-state index in [1.54, 1.807) is 6.92 Å². The maximum atomic E-state index is 11.8. The number of nitrogens with one attached hydrogen (secondary N) is 1. The molecule has 2 unspecified atom stereocenters. The molecule has 2 atom stereocenters. The molecule has 1 saturated carbocycles. The van der Waals surface area contributed by atoms with Gasteiger partial charge in [0.15, 0.2) is 0 Å². The zero-order valence-corrected chi connectivity index (χ0v) is 10.7. The fourth-order valence-electron chi connectivity index (χ4n) is 2.43. The molecule has 0 aromatic carbocycles. The summed E-state index contributed by atoms with van der Waals surface area (Å²) in [4.78, 5) is 30.2. The highest BCUT2D eigenvalue weighted by Gasteiger charge is 2.25. The molecule has 5 nitrogen and oxygen atoms in total. The third-order valence-corrected chi connectivity index (χ3v) is 3.40. The summed E-state index contributed by atoms with van der Waals surface area (Å²) < 4.78 is 4.79. The van der Waals surface area contributed by atoms with Crippen LogP contribution in [0.15, 0.2) is 11.0 Å². The zero-order valence-electron chi connectivity index (χ0n) is 10.7. The SMILES string of the molecule is CCOC(=O)c1cnc(C2CCC(C)C2)[nH]c1=O. The Balaban J connectivity index is 2.20. The fraction of sp³-hybridized carbons (Fsp3) is 0.615. The highest BCUT2D eigenvalue weighted by atomic mass is 16.5. The molecular formula is C13H18N2O3. The number of hydrogen-bond donors (Lipinski definition) is 1. The van der Waals surface area contributed by atoms with Crippen LogP contribution in [-0.2, 0) is 4.74 Å². The van der Waals surface area contributed by atoms with Crippen molar-refractivity contribution in [3.63, 3.8) is 0 Å². The molecule has 0 aliphatic heterocycles. The number of aromatic nitrogens is 2. The predicted octanol–water partition coefficient (Wildman–Crippen LogP) is 1.85. The van der Waals surface area contributed by atoms with Crippen molar-refractivity contribution in [3.05, 3.63) is 27.9 Å². The van der Waals surface area contributed by atoms with Gasteiger partial charge in [-0.2, -0.15) is 0 Å². The number of aromatic amines is 1. The average Bonchev–Trinajstić information content (AvgIpc) is 2.76. The number of carbonyl (C=O) groups is 1. The molecule has 1 fully saturated rings. The van der Waals surface area contributed by atoms with Crippen LogP contribution in [0.25, 0.3) is 0 Å². The highest BCUT2D eigenvalue weighted by molar-refractivity contribution is 5.88. The summed E-state index contributed by atoms with van der Waals surface area (Å²) in [5.74, 6) is 1.06. The molecule has 1 aromatic rings. The average molecular weight is 250 g/mol. The first-order valence-electron chi connectivity index (χ1n) is 6.38. The summed E-state index contributed by atoms with van der Waals surface area (Å²) in [6.07, 6.45) is 4.58. The van der Waals surface area contributed by atoms with Crippen molar-refractivity contribution in [2.45, 2.75) is 39.0 Å². The highest BCUT2D eigenvalue weighted by Crippen LogP contribution is 2.35. The van der Waals surface area contributed by atoms with E-state index in [1.165, 1.54) is 6.20 Å². The second-order valence-electron chi connectivity index (χ2n) is 4.85. The molecule has 1 aliphatic carbocycles. The van der Waals surface area contributed by atoms with Crippen molar-refractivity contribution < 1.29 is 9.53 Å². The van der Waals surface area contributed by atoms with Crippen LogP contribution < -0.4 is 5.56 Å². The second-order valence-corrected chi connectivity index (χ2v) is 4.85. The number of rotatable bonds is 3. The molecule has 1 aliphatic rings. The minimum Gasteiger partial charge on any atom is -0.462 e. The number of esters is 1. The molecule has 0 amide bonds. The lowest BCUT2D eigenvalue weighted by Crippen LogP contribution is -2.22. The van der Waals surface area contributed by atoms with Crippen LogP contribution in [-0.4, -0.2) is 22.5 Å². The Morgan fingerprint density at radius 2 is 2.33 bits per heavy atom. The van der Waals surface area contributed by atoms with Gasteiger partial charge in [-0.05, 0) is 32.1 Å². The van der Waals surface area contributed by atoms with Crippen LogP contribution in [0, 0.1) is 5.92 Å². The van der Waals surface area contributed by atoms with Crippen LogP contribution in [0.4, 0.5) is 0 Å². The van der Waals surface area contributed by atoms with Crippen LogP contribution in [0.5, 0.6) is 0 Å². The van der Waals surface area contributed by atoms with E-state index in [2.05, 4.69) is 16.9 Å². The summed E-state index contributed by atoms with van der Waals surface area (Å²) >= 11 is 0. The molecule has 98 valence electrons. The Morgan fingerprint density at radius 1 is 1.56 bits per heavy atom. The maximum Gasteiger partial charge on any atom is 0.345 e. The molecule has 1 N–H and O–H groups in total. The van der Waals surface area contributed by atoms with E-state index in [0.717, 1.165) is 19.3 Å². The van der Waals surface area contributed by atoms with Gasteiger partial charge in [0.25, 0.3) is 5.56 Å². The predicted molar refractivity (Wildman–Crippen MR) is 66.6 cm³/mol. The van der Waals surface area contributed by atoms with E-state index >= 15 is 0 Å². The van der Waals surface area contributed by atoms with Gasteiger partial charge in [-0.3, -0.25) is 4.79 Å². The van der Waals surface area contributed by atoms with Crippen molar-refractivity contribution in [3.8, 4) is 0 Å². The van der Waals surface area contributed by atoms with Gasteiger partial charge in [0.05, 0.1) is 6.61 Å². The lowest BCUT2D eigenvalue weighted by atomic mass is 10.1. The monoisotopic (exact) mass is 250 g/mol. The Kier molecular flexibility index (Phi) is 3.79. The van der Waals surface area contributed by atoms with Gasteiger partial charge < -0.3 is 9.72 Å². The van der Waals surface area contributed by atoms with E-state index < -0.39 is 11.5 Å². The van der Waals surface area contributed by atoms with Crippen LogP contribution >= 0.6 is 0 Å². The van der Waals surface area contributed by atoms with Crippen molar-refractivity contribution in [1.82, 2.24) is 9.97 Å². The summed E-state index contributed by atoms with van der Waals surface area (Å²) in [5.41, 5.74) is -0.426. The van der Waals surface area contributed by atoms with Gasteiger partial charge in [0, 0.05) is 12.1 Å². The minimum atomic E-state index is -0.613. The number of nitrogens with zero attached hydrogens (tertiary/aromatic N) is 1. The Bertz CT molecular complexity index is 495. The molecule has 5 heteroatoms. The number of hydrogen-bond acceptors (Lipinski definition) is 4. The maximum absolute atomic E-state index is 11.8. The van der Waals surface area contributed by atoms with Crippen LogP contribution in [0.1, 0.15) is 55.2 Å². The number of carbonyl (C=O) groups excluding carboxylic acids is 1. The van der Waals surface area contributed by atoms with Gasteiger partial charge in [-0.15, -0.1) is 0 Å². The quantitative estimate of drug-likeness (QED) is 0.831. The van der Waals surface area contributed by atoms with Crippen molar-refractivity contribution in [2.24, 2.45) is 5.92 Å². The van der Waals surface area contributed by atoms with Gasteiger partial charge in [-0.1, -0.05) is 6.92 Å². The largest absolute Gasteiger partial charge is 0.462 e. The molecule has 0 saturated heterocycles. The van der Waals surface area contributed by atoms with Gasteiger partial charge in [0.1, 0.15) is 11.4 Å². The van der Waals surface area contributed by atoms with E-state index in [0.29, 0.717) is 17.7 Å². The summed E-state index contributed by atoms with van der Waals surface area (Å²) in [5, 5.41) is 0. The van der Waals surface area contributed by atoms with E-state index in [1.807, 2.05) is 0 Å². The number of ether oxygens (including phenoxy) is 1. The van der Waals surface area contributed by atoms with E-state index in [4.69, 9.17) is 4.74 Å². The molecule has 0 spiro atoms. The third kappa shape index (κ3) is 2.60. The van der Waals surface area contributed by atoms with Crippen molar-refractivity contribution in [1.29, 1.82) is 0 Å². The summed E-state index contributed by atoms with van der Waals surface area (Å²) in [7, 11) is 0. The van der Waals surface area contributed by atoms with Crippen molar-refractivity contribution in [2.75, 3.05) is 6.61 Å². The Morgan fingerprint density at radius 3 is 2.89 bits per heavy atom. The Hall–Kier alpha value is -1.65. The topological polar surface area (TPSA) is 72.0 Å². The zero-order chi connectivity index (χ0) is 13.1. The van der Waals surface area contributed by atoms with Gasteiger partial charge in [0.2, 0.25) is 0 Å². The molecule has 18 heavy (non-hydrogen) atoms. The molecule has 0 bridgehead atoms. The molecule has 2 rings (SSSR count). The lowest BCUT2D eigenvalue weighted by molar-refractivity contribution is 0.0523. The van der Waals surface area contributed by atoms with Crippen molar-refractivity contribution >= 4 is 5.97 Å². The summed E-state index contributed by atoms with van der Waals surface area (Å²) in [6.45, 7) is 4.15. The van der Waals surface area contributed by atoms with E-state index in [9.17, 15) is 9.59 Å². The van der Waals surface area contributed by atoms with Gasteiger partial charge in [-0.25, -0.2) is 9.78 Å². The van der Waals surface area contributed by atoms with Crippen LogP contribution in [0.3, 0.4) is 0 Å². The van der Waals surface area contributed by atoms with E-state index in [-0.39, 0.29) is 12.2 Å². The van der Waals surface area contributed by atoms with Crippen LogP contribution in [0.2, 0.25) is 0 Å². The van der Waals surface area contributed by atoms with Gasteiger partial charge >= 0.3 is 5.97 Å². The molecular weight excluding hydrogens is 232 g/mol. The number of H-pyrrole nitrogens is 1. The molecule has 1 heterocycles. The normalized spacial score (nSPS) is 23.0. The first kappa shape index (κ1) is 12.8. The molecule has 1 aromatic heterocycles. The third-order valence-electron chi connectivity index (χ3n) is 3.40. The second kappa shape index (κ2) is 5.33. The minimum absolute atomic E-state index is 0.0216. The fourth-order valence-corrected chi connectivity index (χ4v) is 2.43. The summed E-state index contributed by atoms with van der Waals surface area (Å²) in [6, 6.07) is 0. The Labute approximate surface area is 106 Å². The molecule has 0 radical (unpaired) electrons. The standard InChI is InChI=1S/C13H18N2O3/c1-3-18-13(17)10-7-14-11(15-12(10)16)9-5-4-8(2)6-9/h7-9H,3-6H2,1-2H3,(H,14,15,16). The smallest absolute Gasteiger partial charge is 0.345 e. The lowest BCUT2D eigenvalue weighted by Gasteiger charge is -2.09. The first-order valence-corrected chi connectivity index (χ1v) is 6.38. The first-order chi connectivity index (χ1) is 8.61.